The second-order valence-electron chi connectivity index (χ2n) is 5.99. The van der Waals surface area contributed by atoms with Crippen LogP contribution in [0, 0.1) is 5.92 Å². The quantitative estimate of drug-likeness (QED) is 0.640. The zero-order valence-electron chi connectivity index (χ0n) is 15.0. The fourth-order valence-electron chi connectivity index (χ4n) is 2.23. The number of hydrogen-bond acceptors (Lipinski definition) is 4. The Kier molecular flexibility index (Phi) is 8.68. The van der Waals surface area contributed by atoms with E-state index in [0.29, 0.717) is 49.8 Å². The van der Waals surface area contributed by atoms with Crippen LogP contribution in [0.25, 0.3) is 0 Å². The number of benzene rings is 1. The molecule has 0 atom stereocenters. The van der Waals surface area contributed by atoms with Crippen molar-refractivity contribution in [2.45, 2.75) is 33.1 Å². The monoisotopic (exact) mass is 336 g/mol. The molecule has 0 fully saturated rings. The van der Waals surface area contributed by atoms with Gasteiger partial charge in [-0.3, -0.25) is 9.59 Å². The predicted molar refractivity (Wildman–Crippen MR) is 93.3 cm³/mol. The van der Waals surface area contributed by atoms with Crippen LogP contribution in [-0.4, -0.2) is 39.1 Å². The van der Waals surface area contributed by atoms with Crippen LogP contribution in [0.1, 0.15) is 32.3 Å². The molecule has 0 aliphatic rings. The molecule has 0 spiro atoms. The van der Waals surface area contributed by atoms with E-state index in [1.807, 2.05) is 32.0 Å². The Labute approximate surface area is 143 Å². The van der Waals surface area contributed by atoms with Gasteiger partial charge in [0.15, 0.2) is 11.5 Å². The third kappa shape index (κ3) is 7.35. The summed E-state index contributed by atoms with van der Waals surface area (Å²) in [4.78, 5) is 23.3. The first-order chi connectivity index (χ1) is 11.5. The fraction of sp³-hybridized carbons (Fsp3) is 0.556. The molecule has 2 N–H and O–H groups in total. The highest BCUT2D eigenvalue weighted by molar-refractivity contribution is 5.77. The van der Waals surface area contributed by atoms with Gasteiger partial charge in [-0.25, -0.2) is 0 Å². The van der Waals surface area contributed by atoms with Gasteiger partial charge in [-0.05, 0) is 30.0 Å². The van der Waals surface area contributed by atoms with Crippen molar-refractivity contribution < 1.29 is 19.1 Å². The summed E-state index contributed by atoms with van der Waals surface area (Å²) in [5, 5.41) is 5.59. The lowest BCUT2D eigenvalue weighted by Crippen LogP contribution is -2.35. The highest BCUT2D eigenvalue weighted by atomic mass is 16.5. The molecule has 6 heteroatoms. The summed E-state index contributed by atoms with van der Waals surface area (Å²) in [5.74, 6) is 1.64. The third-order valence-corrected chi connectivity index (χ3v) is 3.45. The molecular weight excluding hydrogens is 308 g/mol. The molecule has 0 aromatic heterocycles. The van der Waals surface area contributed by atoms with E-state index in [-0.39, 0.29) is 11.8 Å². The topological polar surface area (TPSA) is 76.7 Å². The van der Waals surface area contributed by atoms with Crippen molar-refractivity contribution in [2.24, 2.45) is 5.92 Å². The van der Waals surface area contributed by atoms with Crippen LogP contribution < -0.4 is 20.1 Å². The lowest BCUT2D eigenvalue weighted by atomic mass is 10.1. The number of carbonyl (C=O) groups excluding carboxylic acids is 2. The van der Waals surface area contributed by atoms with Crippen molar-refractivity contribution in [3.05, 3.63) is 23.8 Å². The van der Waals surface area contributed by atoms with Crippen molar-refractivity contribution in [2.75, 3.05) is 27.3 Å². The van der Waals surface area contributed by atoms with Crippen LogP contribution in [-0.2, 0) is 16.0 Å². The van der Waals surface area contributed by atoms with E-state index >= 15 is 0 Å². The first-order valence-electron chi connectivity index (χ1n) is 8.20. The molecule has 0 saturated heterocycles. The van der Waals surface area contributed by atoms with Crippen LogP contribution in [0.5, 0.6) is 11.5 Å². The van der Waals surface area contributed by atoms with E-state index < -0.39 is 0 Å². The first-order valence-corrected chi connectivity index (χ1v) is 8.20. The largest absolute Gasteiger partial charge is 0.493 e. The van der Waals surface area contributed by atoms with E-state index in [0.717, 1.165) is 5.56 Å². The second-order valence-corrected chi connectivity index (χ2v) is 5.99. The maximum Gasteiger partial charge on any atom is 0.220 e. The van der Waals surface area contributed by atoms with Gasteiger partial charge in [-0.1, -0.05) is 19.9 Å². The van der Waals surface area contributed by atoms with Crippen LogP contribution >= 0.6 is 0 Å². The predicted octanol–water partition coefficient (Wildman–Crippen LogP) is 1.91. The van der Waals surface area contributed by atoms with Crippen molar-refractivity contribution in [3.8, 4) is 11.5 Å². The number of rotatable bonds is 10. The Morgan fingerprint density at radius 2 is 1.62 bits per heavy atom. The minimum absolute atomic E-state index is 0.0181. The van der Waals surface area contributed by atoms with Gasteiger partial charge in [-0.2, -0.15) is 0 Å². The molecule has 6 nitrogen and oxygen atoms in total. The van der Waals surface area contributed by atoms with E-state index in [4.69, 9.17) is 9.47 Å². The molecular formula is C18H28N2O4. The second kappa shape index (κ2) is 10.5. The minimum atomic E-state index is -0.0390. The Balaban J connectivity index is 2.28. The van der Waals surface area contributed by atoms with Gasteiger partial charge in [-0.15, -0.1) is 0 Å². The zero-order chi connectivity index (χ0) is 17.9. The minimum Gasteiger partial charge on any atom is -0.493 e. The highest BCUT2D eigenvalue weighted by Crippen LogP contribution is 2.27. The molecule has 0 unspecified atom stereocenters. The molecule has 0 aliphatic heterocycles. The van der Waals surface area contributed by atoms with Crippen molar-refractivity contribution in [1.29, 1.82) is 0 Å². The van der Waals surface area contributed by atoms with Crippen molar-refractivity contribution in [3.63, 3.8) is 0 Å². The van der Waals surface area contributed by atoms with Gasteiger partial charge >= 0.3 is 0 Å². The number of aryl methyl sites for hydroxylation is 1. The number of carbonyl (C=O) groups is 2. The Bertz CT molecular complexity index is 544. The van der Waals surface area contributed by atoms with E-state index in [1.165, 1.54) is 0 Å². The lowest BCUT2D eigenvalue weighted by Gasteiger charge is -2.10. The van der Waals surface area contributed by atoms with E-state index in [9.17, 15) is 9.59 Å². The Morgan fingerprint density at radius 3 is 2.21 bits per heavy atom. The van der Waals surface area contributed by atoms with Crippen molar-refractivity contribution >= 4 is 11.8 Å². The summed E-state index contributed by atoms with van der Waals surface area (Å²) in [6.45, 7) is 4.88. The maximum atomic E-state index is 11.8. The Hall–Kier alpha value is -2.24. The van der Waals surface area contributed by atoms with Crippen LogP contribution in [0.15, 0.2) is 18.2 Å². The van der Waals surface area contributed by atoms with Gasteiger partial charge in [0.05, 0.1) is 14.2 Å². The number of nitrogens with one attached hydrogen (secondary N) is 2. The molecule has 1 rings (SSSR count). The molecule has 1 aromatic carbocycles. The zero-order valence-corrected chi connectivity index (χ0v) is 15.0. The molecule has 0 aliphatic carbocycles. The van der Waals surface area contributed by atoms with Gasteiger partial charge in [0.1, 0.15) is 0 Å². The fourth-order valence-corrected chi connectivity index (χ4v) is 2.23. The molecule has 0 saturated carbocycles. The molecule has 24 heavy (non-hydrogen) atoms. The molecule has 134 valence electrons. The molecule has 2 amide bonds. The summed E-state index contributed by atoms with van der Waals surface area (Å²) >= 11 is 0. The number of ether oxygens (including phenoxy) is 2. The van der Waals surface area contributed by atoms with Gasteiger partial charge < -0.3 is 20.1 Å². The Morgan fingerprint density at radius 1 is 1.00 bits per heavy atom. The average Bonchev–Trinajstić information content (AvgIpc) is 2.55. The standard InChI is InChI=1S/C18H28N2O4/c1-13(2)11-18(22)20-10-9-19-17(21)8-6-14-5-7-15(23-3)16(12-14)24-4/h5,7,12-13H,6,8-11H2,1-4H3,(H,19,21)(H,20,22). The average molecular weight is 336 g/mol. The number of methoxy groups -OCH3 is 2. The molecule has 0 bridgehead atoms. The molecule has 1 aromatic rings. The third-order valence-electron chi connectivity index (χ3n) is 3.45. The SMILES string of the molecule is COc1ccc(CCC(=O)NCCNC(=O)CC(C)C)cc1OC. The number of hydrogen-bond donors (Lipinski definition) is 2. The van der Waals surface area contributed by atoms with Crippen molar-refractivity contribution in [1.82, 2.24) is 10.6 Å². The smallest absolute Gasteiger partial charge is 0.220 e. The van der Waals surface area contributed by atoms with Crippen LogP contribution in [0.2, 0.25) is 0 Å². The summed E-state index contributed by atoms with van der Waals surface area (Å²) in [6.07, 6.45) is 1.51. The van der Waals surface area contributed by atoms with Crippen LogP contribution in [0.4, 0.5) is 0 Å². The van der Waals surface area contributed by atoms with Gasteiger partial charge in [0, 0.05) is 25.9 Å². The maximum absolute atomic E-state index is 11.8. The molecule has 0 radical (unpaired) electrons. The summed E-state index contributed by atoms with van der Waals surface area (Å²) in [6, 6.07) is 5.62. The van der Waals surface area contributed by atoms with Gasteiger partial charge in [0.25, 0.3) is 0 Å². The van der Waals surface area contributed by atoms with Gasteiger partial charge in [0.2, 0.25) is 11.8 Å². The number of amides is 2. The normalized spacial score (nSPS) is 10.4. The van der Waals surface area contributed by atoms with E-state index in [1.54, 1.807) is 14.2 Å². The summed E-state index contributed by atoms with van der Waals surface area (Å²) < 4.78 is 10.4. The summed E-state index contributed by atoms with van der Waals surface area (Å²) in [7, 11) is 3.17. The lowest BCUT2D eigenvalue weighted by molar-refractivity contribution is -0.123. The summed E-state index contributed by atoms with van der Waals surface area (Å²) in [5.41, 5.74) is 1.01. The first kappa shape index (κ1) is 19.8. The highest BCUT2D eigenvalue weighted by Gasteiger charge is 2.07. The van der Waals surface area contributed by atoms with Crippen LogP contribution in [0.3, 0.4) is 0 Å². The van der Waals surface area contributed by atoms with E-state index in [2.05, 4.69) is 10.6 Å². The molecule has 0 heterocycles.